The van der Waals surface area contributed by atoms with Crippen LogP contribution < -0.4 is 0 Å². The summed E-state index contributed by atoms with van der Waals surface area (Å²) in [4.78, 5) is 0. The number of rotatable bonds is 1. The van der Waals surface area contributed by atoms with Gasteiger partial charge in [0.05, 0.1) is 0 Å². The monoisotopic (exact) mass is 288 g/mol. The van der Waals surface area contributed by atoms with Crippen molar-refractivity contribution in [1.29, 1.82) is 0 Å². The third-order valence-corrected chi connectivity index (χ3v) is 3.02. The second-order valence-electron chi connectivity index (χ2n) is 3.55. The molecule has 0 aliphatic heterocycles. The summed E-state index contributed by atoms with van der Waals surface area (Å²) in [6.07, 6.45) is 0.873. The molecule has 0 heterocycles. The minimum Gasteiger partial charge on any atom is -0.235 e. The highest BCUT2D eigenvalue weighted by molar-refractivity contribution is 9.10. The highest BCUT2D eigenvalue weighted by Gasteiger charge is 2.43. The molecule has 2 atom stereocenters. The molecule has 0 amide bonds. The Bertz CT molecular complexity index is 450. The number of hydrogen-bond acceptors (Lipinski definition) is 0. The van der Waals surface area contributed by atoms with E-state index in [2.05, 4.69) is 15.9 Å². The van der Waals surface area contributed by atoms with Gasteiger partial charge in [0.15, 0.2) is 11.8 Å². The first-order valence-electron chi connectivity index (χ1n) is 4.68. The molecule has 2 unspecified atom stereocenters. The van der Waals surface area contributed by atoms with Crippen molar-refractivity contribution in [3.8, 4) is 0 Å². The van der Waals surface area contributed by atoms with Gasteiger partial charge in [0.1, 0.15) is 5.83 Å². The Hall–Kier alpha value is -1.03. The zero-order valence-corrected chi connectivity index (χ0v) is 9.72. The summed E-state index contributed by atoms with van der Waals surface area (Å²) in [5.41, 5.74) is -2.32. The normalized spacial score (nSPS) is 29.0. The summed E-state index contributed by atoms with van der Waals surface area (Å²) >= 11 is 3.19. The highest BCUT2D eigenvalue weighted by atomic mass is 79.9. The first-order chi connectivity index (χ1) is 7.54. The van der Waals surface area contributed by atoms with Gasteiger partial charge in [-0.25, -0.2) is 13.2 Å². The summed E-state index contributed by atoms with van der Waals surface area (Å²) in [6.45, 7) is 0. The Morgan fingerprint density at radius 1 is 1.19 bits per heavy atom. The van der Waals surface area contributed by atoms with Gasteiger partial charge in [-0.05, 0) is 29.8 Å². The van der Waals surface area contributed by atoms with Crippen molar-refractivity contribution < 1.29 is 13.2 Å². The molecule has 0 saturated heterocycles. The number of halogens is 4. The number of alkyl halides is 2. The molecule has 0 saturated carbocycles. The third-order valence-electron chi connectivity index (χ3n) is 2.49. The average molecular weight is 289 g/mol. The third kappa shape index (κ3) is 1.82. The van der Waals surface area contributed by atoms with E-state index in [0.717, 1.165) is 16.6 Å². The second kappa shape index (κ2) is 4.09. The van der Waals surface area contributed by atoms with Gasteiger partial charge in [0.25, 0.3) is 0 Å². The van der Waals surface area contributed by atoms with Crippen molar-refractivity contribution in [1.82, 2.24) is 0 Å². The van der Waals surface area contributed by atoms with Gasteiger partial charge in [-0.1, -0.05) is 34.1 Å². The van der Waals surface area contributed by atoms with E-state index in [0.29, 0.717) is 0 Å². The topological polar surface area (TPSA) is 0 Å². The van der Waals surface area contributed by atoms with Crippen LogP contribution in [0.2, 0.25) is 0 Å². The minimum absolute atomic E-state index is 0.0997. The summed E-state index contributed by atoms with van der Waals surface area (Å²) in [6, 6.07) is 6.04. The zero-order chi connectivity index (χ0) is 11.8. The summed E-state index contributed by atoms with van der Waals surface area (Å²) in [5, 5.41) is 0. The SMILES string of the molecule is FC1=CC=CC(F)(c2ccc(Br)cc2)C1F. The van der Waals surface area contributed by atoms with Crippen molar-refractivity contribution >= 4 is 15.9 Å². The lowest BCUT2D eigenvalue weighted by Gasteiger charge is -2.27. The maximum absolute atomic E-state index is 14.3. The summed E-state index contributed by atoms with van der Waals surface area (Å²) in [5.74, 6) is -1.09. The molecule has 0 spiro atoms. The molecule has 0 bridgehead atoms. The quantitative estimate of drug-likeness (QED) is 0.720. The fraction of sp³-hybridized carbons (Fsp3) is 0.167. The van der Waals surface area contributed by atoms with E-state index in [-0.39, 0.29) is 5.56 Å². The van der Waals surface area contributed by atoms with E-state index >= 15 is 0 Å². The van der Waals surface area contributed by atoms with Crippen LogP contribution in [-0.4, -0.2) is 6.17 Å². The molecule has 1 aromatic carbocycles. The first-order valence-corrected chi connectivity index (χ1v) is 5.47. The van der Waals surface area contributed by atoms with Crippen LogP contribution in [0.5, 0.6) is 0 Å². The molecule has 16 heavy (non-hydrogen) atoms. The molecule has 1 aromatic rings. The first kappa shape index (κ1) is 11.5. The van der Waals surface area contributed by atoms with Gasteiger partial charge in [-0.3, -0.25) is 0 Å². The molecule has 2 rings (SSSR count). The summed E-state index contributed by atoms with van der Waals surface area (Å²) in [7, 11) is 0. The van der Waals surface area contributed by atoms with Crippen LogP contribution >= 0.6 is 15.9 Å². The molecule has 0 nitrogen and oxygen atoms in total. The lowest BCUT2D eigenvalue weighted by atomic mass is 9.87. The molecule has 84 valence electrons. The lowest BCUT2D eigenvalue weighted by molar-refractivity contribution is 0.0992. The standard InChI is InChI=1S/C12H8BrF3/c13-9-5-3-8(4-6-9)12(16)7-1-2-10(14)11(12)15/h1-7,11H. The molecule has 0 aromatic heterocycles. The van der Waals surface area contributed by atoms with Crippen molar-refractivity contribution in [2.75, 3.05) is 0 Å². The Labute approximate surface area is 99.6 Å². The van der Waals surface area contributed by atoms with Gasteiger partial charge in [-0.2, -0.15) is 0 Å². The number of hydrogen-bond donors (Lipinski definition) is 0. The smallest absolute Gasteiger partial charge is 0.193 e. The Kier molecular flexibility index (Phi) is 2.93. The van der Waals surface area contributed by atoms with Crippen LogP contribution in [-0.2, 0) is 5.67 Å². The molecular weight excluding hydrogens is 281 g/mol. The van der Waals surface area contributed by atoms with E-state index in [9.17, 15) is 13.2 Å². The molecule has 0 radical (unpaired) electrons. The van der Waals surface area contributed by atoms with Crippen molar-refractivity contribution in [3.05, 3.63) is 58.4 Å². The minimum atomic E-state index is -2.42. The molecule has 4 heteroatoms. The molecule has 1 aliphatic rings. The Morgan fingerprint density at radius 2 is 1.81 bits per heavy atom. The van der Waals surface area contributed by atoms with Crippen LogP contribution in [0.4, 0.5) is 13.2 Å². The largest absolute Gasteiger partial charge is 0.235 e. The Morgan fingerprint density at radius 3 is 2.44 bits per heavy atom. The second-order valence-corrected chi connectivity index (χ2v) is 4.46. The fourth-order valence-electron chi connectivity index (χ4n) is 1.60. The van der Waals surface area contributed by atoms with E-state index in [1.54, 1.807) is 12.1 Å². The average Bonchev–Trinajstić information content (AvgIpc) is 2.27. The Balaban J connectivity index is 2.43. The van der Waals surface area contributed by atoms with Gasteiger partial charge < -0.3 is 0 Å². The van der Waals surface area contributed by atoms with Gasteiger partial charge in [-0.15, -0.1) is 0 Å². The van der Waals surface area contributed by atoms with Crippen LogP contribution in [0.15, 0.2) is 52.8 Å². The van der Waals surface area contributed by atoms with Crippen molar-refractivity contribution in [2.45, 2.75) is 11.8 Å². The van der Waals surface area contributed by atoms with E-state index in [4.69, 9.17) is 0 Å². The van der Waals surface area contributed by atoms with Crippen molar-refractivity contribution in [2.24, 2.45) is 0 Å². The molecular formula is C12H8BrF3. The summed E-state index contributed by atoms with van der Waals surface area (Å²) < 4.78 is 41.6. The maximum Gasteiger partial charge on any atom is 0.193 e. The molecule has 0 N–H and O–H groups in total. The van der Waals surface area contributed by atoms with Gasteiger partial charge in [0.2, 0.25) is 0 Å². The van der Waals surface area contributed by atoms with Crippen LogP contribution in [0.25, 0.3) is 0 Å². The lowest BCUT2D eigenvalue weighted by Crippen LogP contribution is -2.32. The van der Waals surface area contributed by atoms with E-state index < -0.39 is 17.7 Å². The fourth-order valence-corrected chi connectivity index (χ4v) is 1.86. The van der Waals surface area contributed by atoms with Crippen LogP contribution in [0, 0.1) is 0 Å². The highest BCUT2D eigenvalue weighted by Crippen LogP contribution is 2.40. The van der Waals surface area contributed by atoms with Gasteiger partial charge in [0, 0.05) is 4.47 Å². The zero-order valence-electron chi connectivity index (χ0n) is 8.13. The van der Waals surface area contributed by atoms with E-state index in [1.165, 1.54) is 18.2 Å². The maximum atomic E-state index is 14.3. The predicted octanol–water partition coefficient (Wildman–Crippen LogP) is 4.38. The molecule has 1 aliphatic carbocycles. The van der Waals surface area contributed by atoms with E-state index in [1.807, 2.05) is 0 Å². The van der Waals surface area contributed by atoms with Crippen molar-refractivity contribution in [3.63, 3.8) is 0 Å². The predicted molar refractivity (Wildman–Crippen MR) is 60.2 cm³/mol. The number of benzene rings is 1. The van der Waals surface area contributed by atoms with Crippen LogP contribution in [0.1, 0.15) is 5.56 Å². The van der Waals surface area contributed by atoms with Gasteiger partial charge >= 0.3 is 0 Å². The number of allylic oxidation sites excluding steroid dienone is 4. The molecule has 0 fully saturated rings. The van der Waals surface area contributed by atoms with Crippen LogP contribution in [0.3, 0.4) is 0 Å².